The lowest BCUT2D eigenvalue weighted by molar-refractivity contribution is -0.389. The lowest BCUT2D eigenvalue weighted by Crippen LogP contribution is -2.32. The van der Waals surface area contributed by atoms with Gasteiger partial charge in [-0.25, -0.2) is 4.79 Å². The fourth-order valence-corrected chi connectivity index (χ4v) is 2.76. The van der Waals surface area contributed by atoms with Crippen LogP contribution in [0.5, 0.6) is 11.5 Å². The summed E-state index contributed by atoms with van der Waals surface area (Å²) < 4.78 is 52.7. The number of phenols is 1. The van der Waals surface area contributed by atoms with Gasteiger partial charge >= 0.3 is 11.4 Å². The van der Waals surface area contributed by atoms with Crippen LogP contribution in [0.4, 0.5) is 18.9 Å². The molecule has 1 aliphatic rings. The van der Waals surface area contributed by atoms with E-state index in [-0.39, 0.29) is 6.42 Å². The molecule has 1 fully saturated rings. The molecule has 3 N–H and O–H groups in total. The van der Waals surface area contributed by atoms with E-state index in [0.29, 0.717) is 0 Å². The molecule has 0 spiro atoms. The molecule has 0 bridgehead atoms. The van der Waals surface area contributed by atoms with Gasteiger partial charge in [0.25, 0.3) is 5.56 Å². The highest BCUT2D eigenvalue weighted by molar-refractivity contribution is 5.53. The summed E-state index contributed by atoms with van der Waals surface area (Å²) in [5.41, 5.74) is -3.27. The van der Waals surface area contributed by atoms with Crippen molar-refractivity contribution in [2.24, 2.45) is 0 Å². The summed E-state index contributed by atoms with van der Waals surface area (Å²) in [7, 11) is 0. The predicted octanol–water partition coefficient (Wildman–Crippen LogP) is 0.295. The number of nitro benzene ring substituents is 1. The second-order valence-corrected chi connectivity index (χ2v) is 5.99. The van der Waals surface area contributed by atoms with Crippen LogP contribution in [0.3, 0.4) is 0 Å². The summed E-state index contributed by atoms with van der Waals surface area (Å²) in [4.78, 5) is 33.9. The molecule has 1 unspecified atom stereocenters. The number of rotatable bonds is 5. The van der Waals surface area contributed by atoms with Crippen molar-refractivity contribution in [3.63, 3.8) is 0 Å². The largest absolute Gasteiger partial charge is 0.500 e. The Labute approximate surface area is 157 Å². The molecule has 29 heavy (non-hydrogen) atoms. The number of nitrogens with zero attached hydrogens (tertiary/aromatic N) is 2. The van der Waals surface area contributed by atoms with Crippen molar-refractivity contribution in [3.05, 3.63) is 60.7 Å². The average molecular weight is 419 g/mol. The van der Waals surface area contributed by atoms with Gasteiger partial charge in [0.15, 0.2) is 5.75 Å². The van der Waals surface area contributed by atoms with Crippen LogP contribution in [0.1, 0.15) is 12.6 Å². The second kappa shape index (κ2) is 7.56. The number of aliphatic hydroxyl groups is 1. The van der Waals surface area contributed by atoms with E-state index in [2.05, 4.69) is 0 Å². The molecule has 0 radical (unpaired) electrons. The Kier molecular flexibility index (Phi) is 5.30. The van der Waals surface area contributed by atoms with Gasteiger partial charge in [0, 0.05) is 18.7 Å². The van der Waals surface area contributed by atoms with Crippen molar-refractivity contribution in [2.45, 2.75) is 24.9 Å². The van der Waals surface area contributed by atoms with Gasteiger partial charge in [-0.2, -0.15) is 13.2 Å². The van der Waals surface area contributed by atoms with E-state index < -0.39 is 75.9 Å². The Bertz CT molecular complexity index is 1060. The number of nitrogens with one attached hydrogen (secondary N) is 1. The summed E-state index contributed by atoms with van der Waals surface area (Å²) in [6, 6.07) is 1.04. The van der Waals surface area contributed by atoms with Gasteiger partial charge in [-0.15, -0.1) is 0 Å². The first-order valence-electron chi connectivity index (χ1n) is 7.93. The van der Waals surface area contributed by atoms with Gasteiger partial charge in [-0.3, -0.25) is 24.5 Å². The third kappa shape index (κ3) is 3.66. The van der Waals surface area contributed by atoms with Gasteiger partial charge in [0.2, 0.25) is 23.2 Å². The molecule has 3 rings (SSSR count). The molecule has 3 atom stereocenters. The van der Waals surface area contributed by atoms with Gasteiger partial charge in [0.05, 0.1) is 11.0 Å². The molecule has 0 saturated carbocycles. The molecule has 0 aliphatic carbocycles. The molecule has 11 nitrogen and oxygen atoms in total. The molecule has 14 heteroatoms. The Hall–Kier alpha value is -3.39. The molecule has 0 amide bonds. The SMILES string of the molecule is O=c1ccn([C@@H]2CC(O)[C@H](COc3c(F)c(O)c([N+](=O)[O-])c(F)c3F)O2)c(=O)[nH]1. The standard InChI is InChI=1S/C15H12F3N3O8/c16-9-10(17)14(11(18)13(24)12(9)21(26)27)28-4-6-5(22)3-8(29-6)20-2-1-7(23)19-15(20)25/h1-2,5-6,8,22,24H,3-4H2,(H,19,23,25)/t5?,6-,8-/m0/s1. The molecular weight excluding hydrogens is 407 g/mol. The lowest BCUT2D eigenvalue weighted by atomic mass is 10.2. The van der Waals surface area contributed by atoms with Gasteiger partial charge in [0.1, 0.15) is 18.9 Å². The Balaban J connectivity index is 1.79. The first-order chi connectivity index (χ1) is 13.6. The number of aliphatic hydroxyl groups excluding tert-OH is 1. The van der Waals surface area contributed by atoms with Crippen molar-refractivity contribution < 1.29 is 37.8 Å². The zero-order valence-corrected chi connectivity index (χ0v) is 14.2. The number of aromatic hydroxyl groups is 1. The Morgan fingerprint density at radius 1 is 1.31 bits per heavy atom. The van der Waals surface area contributed by atoms with Crippen LogP contribution < -0.4 is 16.0 Å². The molecule has 1 aromatic carbocycles. The van der Waals surface area contributed by atoms with Crippen LogP contribution in [0, 0.1) is 27.6 Å². The van der Waals surface area contributed by atoms with Crippen molar-refractivity contribution in [2.75, 3.05) is 6.61 Å². The minimum atomic E-state index is -2.13. The topological polar surface area (TPSA) is 157 Å². The van der Waals surface area contributed by atoms with E-state index in [1.807, 2.05) is 4.98 Å². The molecule has 1 aromatic heterocycles. The number of nitro groups is 1. The fraction of sp³-hybridized carbons (Fsp3) is 0.333. The molecule has 156 valence electrons. The summed E-state index contributed by atoms with van der Waals surface area (Å²) in [6.07, 6.45) is -2.59. The smallest absolute Gasteiger partial charge is 0.352 e. The monoisotopic (exact) mass is 419 g/mol. The number of H-pyrrole nitrogens is 1. The van der Waals surface area contributed by atoms with Gasteiger partial charge in [-0.1, -0.05) is 0 Å². The summed E-state index contributed by atoms with van der Waals surface area (Å²) >= 11 is 0. The van der Waals surface area contributed by atoms with Crippen LogP contribution in [-0.2, 0) is 4.74 Å². The Morgan fingerprint density at radius 2 is 2.00 bits per heavy atom. The highest BCUT2D eigenvalue weighted by Gasteiger charge is 2.38. The summed E-state index contributed by atoms with van der Waals surface area (Å²) in [5, 5.41) is 30.0. The number of aromatic amines is 1. The molecule has 2 heterocycles. The predicted molar refractivity (Wildman–Crippen MR) is 86.0 cm³/mol. The van der Waals surface area contributed by atoms with Crippen molar-refractivity contribution >= 4 is 5.69 Å². The number of hydrogen-bond donors (Lipinski definition) is 3. The number of hydrogen-bond acceptors (Lipinski definition) is 8. The highest BCUT2D eigenvalue weighted by Crippen LogP contribution is 2.40. The maximum absolute atomic E-state index is 14.0. The first kappa shape index (κ1) is 20.3. The maximum atomic E-state index is 14.0. The highest BCUT2D eigenvalue weighted by atomic mass is 19.2. The van der Waals surface area contributed by atoms with E-state index in [4.69, 9.17) is 9.47 Å². The molecule has 2 aromatic rings. The number of halogens is 3. The third-order valence-electron chi connectivity index (χ3n) is 4.17. The van der Waals surface area contributed by atoms with Crippen LogP contribution in [-0.4, -0.2) is 43.5 Å². The normalized spacial score (nSPS) is 21.3. The average Bonchev–Trinajstić information content (AvgIpc) is 3.00. The van der Waals surface area contributed by atoms with Crippen LogP contribution in [0.25, 0.3) is 0 Å². The van der Waals surface area contributed by atoms with E-state index >= 15 is 0 Å². The molecule has 1 aliphatic heterocycles. The number of benzene rings is 1. The van der Waals surface area contributed by atoms with Gasteiger partial charge < -0.3 is 19.7 Å². The van der Waals surface area contributed by atoms with Crippen molar-refractivity contribution in [1.29, 1.82) is 0 Å². The lowest BCUT2D eigenvalue weighted by Gasteiger charge is -2.17. The number of aromatic nitrogens is 2. The number of ether oxygens (including phenoxy) is 2. The molecule has 1 saturated heterocycles. The van der Waals surface area contributed by atoms with E-state index in [1.54, 1.807) is 0 Å². The zero-order chi connectivity index (χ0) is 21.5. The molecular formula is C15H12F3N3O8. The zero-order valence-electron chi connectivity index (χ0n) is 14.2. The first-order valence-corrected chi connectivity index (χ1v) is 7.93. The van der Waals surface area contributed by atoms with Crippen LogP contribution in [0.2, 0.25) is 0 Å². The number of phenolic OH excluding ortho intramolecular Hbond substituents is 1. The minimum absolute atomic E-state index is 0.148. The second-order valence-electron chi connectivity index (χ2n) is 5.99. The quantitative estimate of drug-likeness (QED) is 0.355. The summed E-state index contributed by atoms with van der Waals surface area (Å²) in [5.74, 6) is -9.28. The van der Waals surface area contributed by atoms with Crippen LogP contribution >= 0.6 is 0 Å². The van der Waals surface area contributed by atoms with Gasteiger partial charge in [-0.05, 0) is 0 Å². The Morgan fingerprint density at radius 3 is 2.62 bits per heavy atom. The van der Waals surface area contributed by atoms with Crippen molar-refractivity contribution in [3.8, 4) is 11.5 Å². The maximum Gasteiger partial charge on any atom is 0.352 e. The van der Waals surface area contributed by atoms with E-state index in [9.17, 15) is 43.1 Å². The fourth-order valence-electron chi connectivity index (χ4n) is 2.76. The minimum Gasteiger partial charge on any atom is -0.500 e. The third-order valence-corrected chi connectivity index (χ3v) is 4.17. The van der Waals surface area contributed by atoms with E-state index in [0.717, 1.165) is 16.8 Å². The summed E-state index contributed by atoms with van der Waals surface area (Å²) in [6.45, 7) is -0.750. The van der Waals surface area contributed by atoms with Crippen LogP contribution in [0.15, 0.2) is 21.9 Å². The van der Waals surface area contributed by atoms with Crippen molar-refractivity contribution in [1.82, 2.24) is 9.55 Å². The van der Waals surface area contributed by atoms with E-state index in [1.165, 1.54) is 0 Å².